The Morgan fingerprint density at radius 3 is 2.59 bits per heavy atom. The first-order chi connectivity index (χ1) is 16.0. The lowest BCUT2D eigenvalue weighted by atomic mass is 9.61. The van der Waals surface area contributed by atoms with Gasteiger partial charge in [0.1, 0.15) is 6.61 Å². The van der Waals surface area contributed by atoms with E-state index in [-0.39, 0.29) is 29.6 Å². The quantitative estimate of drug-likeness (QED) is 0.249. The monoisotopic (exact) mass is 487 g/mol. The van der Waals surface area contributed by atoms with Crippen LogP contribution in [0.15, 0.2) is 36.9 Å². The van der Waals surface area contributed by atoms with Crippen molar-refractivity contribution in [2.45, 2.75) is 59.0 Å². The number of fused-ring (bicyclic) bond motifs is 1. The molecule has 1 fully saturated rings. The third kappa shape index (κ3) is 5.19. The Morgan fingerprint density at radius 2 is 1.97 bits per heavy atom. The van der Waals surface area contributed by atoms with Crippen molar-refractivity contribution in [1.82, 2.24) is 4.90 Å². The molecule has 1 aliphatic heterocycles. The van der Waals surface area contributed by atoms with Gasteiger partial charge < -0.3 is 19.2 Å². The molecule has 5 atom stereocenters. The van der Waals surface area contributed by atoms with Crippen LogP contribution in [0, 0.1) is 23.2 Å². The lowest BCUT2D eigenvalue weighted by Crippen LogP contribution is -2.72. The number of hydrogen-bond donors (Lipinski definition) is 1. The number of nitrogens with zero attached hydrogens (tertiary/aromatic N) is 1. The highest BCUT2D eigenvalue weighted by Gasteiger charge is 2.60. The minimum absolute atomic E-state index is 0.0483. The second-order valence-electron chi connectivity index (χ2n) is 10.6. The van der Waals surface area contributed by atoms with E-state index < -0.39 is 39.1 Å². The lowest BCUT2D eigenvalue weighted by Gasteiger charge is -2.56. The Bertz CT molecular complexity index is 939. The molecule has 1 unspecified atom stereocenters. The average molecular weight is 488 g/mol. The molecule has 0 bridgehead atoms. The van der Waals surface area contributed by atoms with Gasteiger partial charge in [-0.25, -0.2) is 4.79 Å². The van der Waals surface area contributed by atoms with Gasteiger partial charge in [-0.05, 0) is 42.8 Å². The van der Waals surface area contributed by atoms with Crippen LogP contribution in [0.2, 0.25) is 13.1 Å². The number of ether oxygens (including phenoxy) is 1. The van der Waals surface area contributed by atoms with E-state index in [0.717, 1.165) is 10.5 Å². The summed E-state index contributed by atoms with van der Waals surface area (Å²) >= 11 is 0. The van der Waals surface area contributed by atoms with Crippen molar-refractivity contribution >= 4 is 26.7 Å². The molecule has 0 saturated carbocycles. The fourth-order valence-corrected chi connectivity index (χ4v) is 5.75. The van der Waals surface area contributed by atoms with Gasteiger partial charge in [0.25, 0.3) is 0 Å². The fourth-order valence-electron chi connectivity index (χ4n) is 5.16. The van der Waals surface area contributed by atoms with E-state index in [1.54, 1.807) is 0 Å². The average Bonchev–Trinajstić information content (AvgIpc) is 2.78. The number of carbonyl (C=O) groups excluding carboxylic acids is 3. The number of aryl methyl sites for hydroxylation is 1. The standard InChI is InChI=1S/C26H37NO6Si/c1-7-14-32-25(31)24(30)27-21(18-13-12-16-10-8-9-11-17(16)22(18)28)20(23(27)29)19(26(2,3)4)15-33-34(5)6/h7-11,18-21,24,30,34H,1,12-15H2,2-6H3/t18-,19-,20+,21-,24?/m1/s1. The van der Waals surface area contributed by atoms with Gasteiger partial charge >= 0.3 is 5.97 Å². The molecular formula is C26H37NO6Si. The van der Waals surface area contributed by atoms with E-state index in [9.17, 15) is 19.5 Å². The maximum absolute atomic E-state index is 13.6. The minimum Gasteiger partial charge on any atom is -0.458 e. The lowest BCUT2D eigenvalue weighted by molar-refractivity contribution is -0.201. The number of amides is 1. The van der Waals surface area contributed by atoms with Crippen molar-refractivity contribution in [2.24, 2.45) is 23.2 Å². The van der Waals surface area contributed by atoms with E-state index in [2.05, 4.69) is 40.4 Å². The normalized spacial score (nSPS) is 24.3. The van der Waals surface area contributed by atoms with Crippen LogP contribution in [0.1, 0.15) is 43.1 Å². The van der Waals surface area contributed by atoms with Crippen molar-refractivity contribution < 1.29 is 28.7 Å². The van der Waals surface area contributed by atoms with Crippen molar-refractivity contribution in [3.05, 3.63) is 48.0 Å². The number of likely N-dealkylation sites (tertiary alicyclic amines) is 1. The van der Waals surface area contributed by atoms with Crippen molar-refractivity contribution in [2.75, 3.05) is 13.2 Å². The molecule has 2 aliphatic rings. The molecule has 0 spiro atoms. The zero-order valence-corrected chi connectivity index (χ0v) is 22.0. The number of esters is 1. The molecule has 0 radical (unpaired) electrons. The summed E-state index contributed by atoms with van der Waals surface area (Å²) in [6.07, 6.45) is 0.878. The fraction of sp³-hybridized carbons (Fsp3) is 0.577. The van der Waals surface area contributed by atoms with Crippen LogP contribution in [0.4, 0.5) is 0 Å². The predicted octanol–water partition coefficient (Wildman–Crippen LogP) is 2.97. The summed E-state index contributed by atoms with van der Waals surface area (Å²) in [5, 5.41) is 10.8. The molecule has 1 heterocycles. The van der Waals surface area contributed by atoms with Gasteiger partial charge in [-0.15, -0.1) is 0 Å². The SMILES string of the molecule is C=CCOC(=O)C(O)N1C(=O)[C@@H]([C@@H](CO[SiH](C)C)C(C)(C)C)[C@H]1[C@H]1CCc2ccccc2C1=O. The molecule has 1 amide bonds. The molecular weight excluding hydrogens is 450 g/mol. The maximum atomic E-state index is 13.6. The molecule has 186 valence electrons. The molecule has 8 heteroatoms. The number of aliphatic hydroxyl groups is 1. The summed E-state index contributed by atoms with van der Waals surface area (Å²) < 4.78 is 11.1. The number of rotatable bonds is 9. The highest BCUT2D eigenvalue weighted by molar-refractivity contribution is 6.48. The molecule has 1 aliphatic carbocycles. The number of Topliss-reactive ketones (excluding diaryl/α,β-unsaturated/α-hetero) is 1. The van der Waals surface area contributed by atoms with Gasteiger partial charge in [-0.2, -0.15) is 0 Å². The van der Waals surface area contributed by atoms with Crippen molar-refractivity contribution in [3.8, 4) is 0 Å². The van der Waals surface area contributed by atoms with Crippen LogP contribution in [0.3, 0.4) is 0 Å². The topological polar surface area (TPSA) is 93.1 Å². The molecule has 1 aromatic rings. The maximum Gasteiger partial charge on any atom is 0.356 e. The number of aliphatic hydroxyl groups excluding tert-OH is 1. The van der Waals surface area contributed by atoms with Gasteiger partial charge in [0.2, 0.25) is 12.1 Å². The molecule has 1 aromatic carbocycles. The summed E-state index contributed by atoms with van der Waals surface area (Å²) in [7, 11) is -1.35. The Balaban J connectivity index is 1.98. The van der Waals surface area contributed by atoms with E-state index in [1.165, 1.54) is 6.08 Å². The van der Waals surface area contributed by atoms with Gasteiger partial charge in [0.15, 0.2) is 14.8 Å². The second-order valence-corrected chi connectivity index (χ2v) is 13.0. The zero-order chi connectivity index (χ0) is 25.2. The van der Waals surface area contributed by atoms with Gasteiger partial charge in [-0.3, -0.25) is 9.59 Å². The van der Waals surface area contributed by atoms with Crippen LogP contribution >= 0.6 is 0 Å². The highest BCUT2D eigenvalue weighted by Crippen LogP contribution is 2.47. The second kappa shape index (κ2) is 10.5. The van der Waals surface area contributed by atoms with Crippen LogP contribution in [-0.2, 0) is 25.2 Å². The first kappa shape index (κ1) is 26.3. The molecule has 1 N–H and O–H groups in total. The Labute approximate surface area is 203 Å². The number of ketones is 1. The zero-order valence-electron chi connectivity index (χ0n) is 20.8. The van der Waals surface area contributed by atoms with Gasteiger partial charge in [-0.1, -0.05) is 57.7 Å². The summed E-state index contributed by atoms with van der Waals surface area (Å²) in [5.74, 6) is -2.52. The van der Waals surface area contributed by atoms with Gasteiger partial charge in [0.05, 0.1) is 12.0 Å². The third-order valence-electron chi connectivity index (χ3n) is 6.96. The first-order valence-corrected chi connectivity index (χ1v) is 14.8. The Morgan fingerprint density at radius 1 is 1.29 bits per heavy atom. The number of benzene rings is 1. The van der Waals surface area contributed by atoms with E-state index >= 15 is 0 Å². The number of β-lactam (4-membered cyclic amide) rings is 1. The minimum atomic E-state index is -1.76. The summed E-state index contributed by atoms with van der Waals surface area (Å²) in [5.41, 5.74) is 1.36. The molecule has 0 aromatic heterocycles. The Hall–Kier alpha value is -2.29. The highest BCUT2D eigenvalue weighted by atomic mass is 28.3. The van der Waals surface area contributed by atoms with Crippen molar-refractivity contribution in [3.63, 3.8) is 0 Å². The summed E-state index contributed by atoms with van der Waals surface area (Å²) in [6.45, 7) is 14.2. The summed E-state index contributed by atoms with van der Waals surface area (Å²) in [4.78, 5) is 40.7. The van der Waals surface area contributed by atoms with E-state index in [0.29, 0.717) is 25.0 Å². The third-order valence-corrected chi connectivity index (χ3v) is 7.82. The Kier molecular flexibility index (Phi) is 8.16. The molecule has 34 heavy (non-hydrogen) atoms. The smallest absolute Gasteiger partial charge is 0.356 e. The number of hydrogen-bond acceptors (Lipinski definition) is 6. The molecule has 1 saturated heterocycles. The predicted molar refractivity (Wildman–Crippen MR) is 132 cm³/mol. The van der Waals surface area contributed by atoms with Crippen molar-refractivity contribution in [1.29, 1.82) is 0 Å². The van der Waals surface area contributed by atoms with Crippen LogP contribution < -0.4 is 0 Å². The largest absolute Gasteiger partial charge is 0.458 e. The van der Waals surface area contributed by atoms with Crippen LogP contribution in [0.25, 0.3) is 0 Å². The first-order valence-electron chi connectivity index (χ1n) is 12.0. The van der Waals surface area contributed by atoms with Gasteiger partial charge in [0, 0.05) is 18.1 Å². The molecule has 7 nitrogen and oxygen atoms in total. The van der Waals surface area contributed by atoms with E-state index in [1.807, 2.05) is 24.3 Å². The van der Waals surface area contributed by atoms with Crippen LogP contribution in [0.5, 0.6) is 0 Å². The number of carbonyl (C=O) groups is 3. The molecule has 3 rings (SSSR count). The van der Waals surface area contributed by atoms with Crippen LogP contribution in [-0.4, -0.2) is 62.2 Å². The van der Waals surface area contributed by atoms with E-state index in [4.69, 9.17) is 9.16 Å². The summed E-state index contributed by atoms with van der Waals surface area (Å²) in [6, 6.07) is 6.90.